The second-order valence-corrected chi connectivity index (χ2v) is 9.98. The summed E-state index contributed by atoms with van der Waals surface area (Å²) in [6.45, 7) is 1.98. The maximum Gasteiger partial charge on any atom is 0.244 e. The number of anilines is 2. The number of amides is 1. The van der Waals surface area contributed by atoms with Crippen LogP contribution in [0.3, 0.4) is 0 Å². The van der Waals surface area contributed by atoms with Gasteiger partial charge in [0.05, 0.1) is 17.6 Å². The van der Waals surface area contributed by atoms with Crippen molar-refractivity contribution in [3.05, 3.63) is 70.7 Å². The number of halogens is 1. The molecule has 0 atom stereocenters. The molecule has 0 unspecified atom stereocenters. The lowest BCUT2D eigenvalue weighted by Gasteiger charge is -2.05. The Balaban J connectivity index is 1.37. The van der Waals surface area contributed by atoms with Gasteiger partial charge in [-0.05, 0) is 24.6 Å². The zero-order valence-corrected chi connectivity index (χ0v) is 19.2. The van der Waals surface area contributed by atoms with Crippen molar-refractivity contribution in [1.82, 2.24) is 15.0 Å². The van der Waals surface area contributed by atoms with Gasteiger partial charge in [-0.2, -0.15) is 0 Å². The number of aromatic amines is 1. The lowest BCUT2D eigenvalue weighted by atomic mass is 10.1. The lowest BCUT2D eigenvalue weighted by Crippen LogP contribution is -2.27. The fourth-order valence-corrected chi connectivity index (χ4v) is 4.60. The second kappa shape index (κ2) is 9.11. The van der Waals surface area contributed by atoms with E-state index in [2.05, 4.69) is 25.0 Å². The van der Waals surface area contributed by atoms with Crippen LogP contribution in [-0.4, -0.2) is 35.0 Å². The lowest BCUT2D eigenvalue weighted by molar-refractivity contribution is -0.113. The van der Waals surface area contributed by atoms with Crippen LogP contribution in [-0.2, 0) is 14.8 Å². The second-order valence-electron chi connectivity index (χ2n) is 6.97. The van der Waals surface area contributed by atoms with Crippen LogP contribution in [0.5, 0.6) is 0 Å². The Morgan fingerprint density at radius 2 is 1.78 bits per heavy atom. The van der Waals surface area contributed by atoms with Crippen LogP contribution in [0, 0.1) is 6.92 Å². The highest BCUT2D eigenvalue weighted by Crippen LogP contribution is 2.26. The number of thiazole rings is 1. The SMILES string of the molecule is Cc1ccc(-c2cnc(NS(=O)(=O)CC(=O)Nc3nc(-c4ccc(Cl)cc4)cs3)[nH]2)cc1. The van der Waals surface area contributed by atoms with E-state index in [9.17, 15) is 13.2 Å². The van der Waals surface area contributed by atoms with Crippen LogP contribution in [0.15, 0.2) is 60.1 Å². The average molecular weight is 488 g/mol. The molecule has 2 aromatic heterocycles. The van der Waals surface area contributed by atoms with Crippen molar-refractivity contribution in [2.45, 2.75) is 6.92 Å². The summed E-state index contributed by atoms with van der Waals surface area (Å²) in [5.41, 5.74) is 4.13. The van der Waals surface area contributed by atoms with E-state index in [1.54, 1.807) is 17.5 Å². The van der Waals surface area contributed by atoms with Crippen LogP contribution >= 0.6 is 22.9 Å². The molecule has 0 aliphatic heterocycles. The molecular weight excluding hydrogens is 470 g/mol. The van der Waals surface area contributed by atoms with E-state index in [1.807, 2.05) is 43.3 Å². The molecule has 11 heteroatoms. The molecule has 164 valence electrons. The van der Waals surface area contributed by atoms with E-state index in [4.69, 9.17) is 11.6 Å². The molecular formula is C21H18ClN5O3S2. The molecule has 2 aromatic carbocycles. The topological polar surface area (TPSA) is 117 Å². The molecule has 0 aliphatic carbocycles. The van der Waals surface area contributed by atoms with Gasteiger partial charge in [-0.1, -0.05) is 53.6 Å². The Morgan fingerprint density at radius 1 is 1.09 bits per heavy atom. The Morgan fingerprint density at radius 3 is 2.50 bits per heavy atom. The van der Waals surface area contributed by atoms with Gasteiger partial charge >= 0.3 is 0 Å². The molecule has 1 amide bonds. The number of carbonyl (C=O) groups excluding carboxylic acids is 1. The number of hydrogen-bond donors (Lipinski definition) is 3. The normalized spacial score (nSPS) is 11.3. The quantitative estimate of drug-likeness (QED) is 0.353. The summed E-state index contributed by atoms with van der Waals surface area (Å²) < 4.78 is 27.1. The molecule has 4 rings (SSSR count). The minimum atomic E-state index is -3.97. The van der Waals surface area contributed by atoms with Crippen LogP contribution in [0.25, 0.3) is 22.5 Å². The van der Waals surface area contributed by atoms with Gasteiger partial charge in [0.1, 0.15) is 5.75 Å². The average Bonchev–Trinajstić information content (AvgIpc) is 3.38. The zero-order chi connectivity index (χ0) is 22.7. The molecule has 0 spiro atoms. The molecule has 8 nitrogen and oxygen atoms in total. The highest BCUT2D eigenvalue weighted by Gasteiger charge is 2.19. The van der Waals surface area contributed by atoms with E-state index in [0.29, 0.717) is 21.5 Å². The highest BCUT2D eigenvalue weighted by atomic mass is 35.5. The summed E-state index contributed by atoms with van der Waals surface area (Å²) in [6, 6.07) is 14.8. The van der Waals surface area contributed by atoms with Crippen molar-refractivity contribution in [2.75, 3.05) is 15.8 Å². The monoisotopic (exact) mass is 487 g/mol. The Hall–Kier alpha value is -3.21. The molecule has 0 fully saturated rings. The first kappa shape index (κ1) is 22.0. The smallest absolute Gasteiger partial charge is 0.244 e. The van der Waals surface area contributed by atoms with Crippen molar-refractivity contribution in [3.8, 4) is 22.5 Å². The minimum Gasteiger partial charge on any atom is -0.323 e. The number of rotatable bonds is 7. The number of imidazole rings is 1. The van der Waals surface area contributed by atoms with Crippen LogP contribution in [0.1, 0.15) is 5.56 Å². The fraction of sp³-hybridized carbons (Fsp3) is 0.0952. The van der Waals surface area contributed by atoms with E-state index in [-0.39, 0.29) is 5.95 Å². The van der Waals surface area contributed by atoms with Crippen molar-refractivity contribution < 1.29 is 13.2 Å². The fourth-order valence-electron chi connectivity index (χ4n) is 2.85. The van der Waals surface area contributed by atoms with Gasteiger partial charge in [-0.25, -0.2) is 18.4 Å². The molecule has 3 N–H and O–H groups in total. The van der Waals surface area contributed by atoms with Gasteiger partial charge in [-0.3, -0.25) is 9.52 Å². The third kappa shape index (κ3) is 5.52. The summed E-state index contributed by atoms with van der Waals surface area (Å²) in [5.74, 6) is -1.45. The first-order chi connectivity index (χ1) is 15.3. The number of benzene rings is 2. The summed E-state index contributed by atoms with van der Waals surface area (Å²) >= 11 is 7.09. The largest absolute Gasteiger partial charge is 0.323 e. The van der Waals surface area contributed by atoms with E-state index in [0.717, 1.165) is 16.7 Å². The number of hydrogen-bond acceptors (Lipinski definition) is 6. The van der Waals surface area contributed by atoms with Crippen LogP contribution in [0.4, 0.5) is 11.1 Å². The van der Waals surface area contributed by atoms with Crippen LogP contribution < -0.4 is 10.0 Å². The standard InChI is InChI=1S/C21H18ClN5O3S2/c1-13-2-4-14(5-3-13)17-10-23-20(24-17)27-32(29,30)12-19(28)26-21-25-18(11-31-21)15-6-8-16(22)9-7-15/h2-11H,12H2,1H3,(H2,23,24,27)(H,25,26,28). The third-order valence-corrected chi connectivity index (χ3v) is 6.56. The van der Waals surface area contributed by atoms with Gasteiger partial charge in [0.15, 0.2) is 5.13 Å². The number of carbonyl (C=O) groups is 1. The van der Waals surface area contributed by atoms with Crippen molar-refractivity contribution in [3.63, 3.8) is 0 Å². The number of sulfonamides is 1. The summed E-state index contributed by atoms with van der Waals surface area (Å²) in [7, 11) is -3.97. The molecule has 0 saturated carbocycles. The van der Waals surface area contributed by atoms with Gasteiger partial charge in [0.2, 0.25) is 21.9 Å². The van der Waals surface area contributed by atoms with E-state index in [1.165, 1.54) is 17.5 Å². The molecule has 0 bridgehead atoms. The zero-order valence-electron chi connectivity index (χ0n) is 16.8. The summed E-state index contributed by atoms with van der Waals surface area (Å²) in [5, 5.41) is 5.19. The molecule has 32 heavy (non-hydrogen) atoms. The first-order valence-electron chi connectivity index (χ1n) is 9.41. The predicted molar refractivity (Wildman–Crippen MR) is 127 cm³/mol. The van der Waals surface area contributed by atoms with Crippen molar-refractivity contribution >= 4 is 49.9 Å². The maximum atomic E-state index is 12.4. The van der Waals surface area contributed by atoms with Gasteiger partial charge in [-0.15, -0.1) is 11.3 Å². The first-order valence-corrected chi connectivity index (χ1v) is 12.3. The number of aryl methyl sites for hydroxylation is 1. The Bertz CT molecular complexity index is 1350. The third-order valence-electron chi connectivity index (χ3n) is 4.40. The number of nitrogens with one attached hydrogen (secondary N) is 3. The Labute approximate surface area is 193 Å². The number of aromatic nitrogens is 3. The van der Waals surface area contributed by atoms with Crippen LogP contribution in [0.2, 0.25) is 5.02 Å². The molecule has 4 aromatic rings. The number of H-pyrrole nitrogens is 1. The highest BCUT2D eigenvalue weighted by molar-refractivity contribution is 7.93. The van der Waals surface area contributed by atoms with Crippen molar-refractivity contribution in [1.29, 1.82) is 0 Å². The molecule has 2 heterocycles. The maximum absolute atomic E-state index is 12.4. The van der Waals surface area contributed by atoms with Gasteiger partial charge in [0, 0.05) is 16.0 Å². The minimum absolute atomic E-state index is 0.0349. The van der Waals surface area contributed by atoms with Gasteiger partial charge < -0.3 is 10.3 Å². The summed E-state index contributed by atoms with van der Waals surface area (Å²) in [6.07, 6.45) is 1.52. The summed E-state index contributed by atoms with van der Waals surface area (Å²) in [4.78, 5) is 23.5. The molecule has 0 aliphatic rings. The van der Waals surface area contributed by atoms with Crippen molar-refractivity contribution in [2.24, 2.45) is 0 Å². The predicted octanol–water partition coefficient (Wildman–Crippen LogP) is 4.54. The Kier molecular flexibility index (Phi) is 6.26. The van der Waals surface area contributed by atoms with E-state index < -0.39 is 21.7 Å². The molecule has 0 radical (unpaired) electrons. The number of nitrogens with zero attached hydrogens (tertiary/aromatic N) is 2. The van der Waals surface area contributed by atoms with Gasteiger partial charge in [0.25, 0.3) is 0 Å². The molecule has 0 saturated heterocycles. The van der Waals surface area contributed by atoms with E-state index >= 15 is 0 Å².